The number of amides is 2. The first-order valence-corrected chi connectivity index (χ1v) is 9.59. The van der Waals surface area contributed by atoms with Crippen LogP contribution in [0, 0.1) is 0 Å². The predicted octanol–water partition coefficient (Wildman–Crippen LogP) is -0.193. The van der Waals surface area contributed by atoms with Crippen LogP contribution < -0.4 is 10.1 Å². The number of nitrogens with one attached hydrogen (secondary N) is 1. The quantitative estimate of drug-likeness (QED) is 0.796. The zero-order chi connectivity index (χ0) is 18.0. The third-order valence-corrected chi connectivity index (χ3v) is 6.47. The minimum atomic E-state index is -3.68. The molecule has 1 aromatic carbocycles. The second-order valence-electron chi connectivity index (χ2n) is 6.04. The molecular weight excluding hydrogens is 346 g/mol. The molecule has 25 heavy (non-hydrogen) atoms. The first-order valence-electron chi connectivity index (χ1n) is 8.15. The third-order valence-electron chi connectivity index (χ3n) is 4.53. The predicted molar refractivity (Wildman–Crippen MR) is 89.5 cm³/mol. The van der Waals surface area contributed by atoms with Crippen LogP contribution in [0.25, 0.3) is 0 Å². The lowest BCUT2D eigenvalue weighted by molar-refractivity contribution is -0.135. The van der Waals surface area contributed by atoms with Crippen molar-refractivity contribution in [2.24, 2.45) is 0 Å². The second-order valence-corrected chi connectivity index (χ2v) is 7.95. The molecule has 2 saturated heterocycles. The summed E-state index contributed by atoms with van der Waals surface area (Å²) >= 11 is 0. The first kappa shape index (κ1) is 17.7. The van der Waals surface area contributed by atoms with E-state index in [-0.39, 0.29) is 29.8 Å². The van der Waals surface area contributed by atoms with Crippen LogP contribution in [0.4, 0.5) is 0 Å². The molecule has 1 aromatic rings. The standard InChI is InChI=1S/C16H21N3O5S/c1-24-13-4-2-3-5-14(13)25(22,23)19-10-8-18(9-11-19)16(21)12-6-7-15(20)17-12/h2-5,12H,6-11H2,1H3,(H,17,20). The van der Waals surface area contributed by atoms with E-state index in [4.69, 9.17) is 4.74 Å². The van der Waals surface area contributed by atoms with Crippen LogP contribution in [0.15, 0.2) is 29.2 Å². The maximum Gasteiger partial charge on any atom is 0.246 e. The molecule has 2 fully saturated rings. The van der Waals surface area contributed by atoms with Crippen molar-refractivity contribution in [3.8, 4) is 5.75 Å². The van der Waals surface area contributed by atoms with Gasteiger partial charge >= 0.3 is 0 Å². The van der Waals surface area contributed by atoms with Crippen molar-refractivity contribution in [3.05, 3.63) is 24.3 Å². The van der Waals surface area contributed by atoms with Gasteiger partial charge in [0.25, 0.3) is 0 Å². The van der Waals surface area contributed by atoms with E-state index >= 15 is 0 Å². The Morgan fingerprint density at radius 2 is 1.88 bits per heavy atom. The van der Waals surface area contributed by atoms with E-state index in [2.05, 4.69) is 5.32 Å². The zero-order valence-corrected chi connectivity index (χ0v) is 14.8. The van der Waals surface area contributed by atoms with Crippen molar-refractivity contribution in [1.82, 2.24) is 14.5 Å². The molecule has 9 heteroatoms. The summed E-state index contributed by atoms with van der Waals surface area (Å²) in [6.45, 7) is 1.04. The first-order chi connectivity index (χ1) is 11.9. The molecule has 1 N–H and O–H groups in total. The van der Waals surface area contributed by atoms with Crippen molar-refractivity contribution in [1.29, 1.82) is 0 Å². The van der Waals surface area contributed by atoms with Gasteiger partial charge in [-0.25, -0.2) is 8.42 Å². The molecule has 0 aromatic heterocycles. The Balaban J connectivity index is 1.67. The van der Waals surface area contributed by atoms with Gasteiger partial charge in [0.2, 0.25) is 21.8 Å². The van der Waals surface area contributed by atoms with Crippen LogP contribution in [0.2, 0.25) is 0 Å². The number of carbonyl (C=O) groups is 2. The molecule has 8 nitrogen and oxygen atoms in total. The van der Waals surface area contributed by atoms with Crippen molar-refractivity contribution in [2.75, 3.05) is 33.3 Å². The highest BCUT2D eigenvalue weighted by atomic mass is 32.2. The van der Waals surface area contributed by atoms with E-state index in [1.807, 2.05) is 0 Å². The lowest BCUT2D eigenvalue weighted by Gasteiger charge is -2.35. The summed E-state index contributed by atoms with van der Waals surface area (Å²) in [7, 11) is -2.25. The highest BCUT2D eigenvalue weighted by molar-refractivity contribution is 7.89. The number of piperazine rings is 1. The number of sulfonamides is 1. The number of benzene rings is 1. The number of hydrogen-bond donors (Lipinski definition) is 1. The lowest BCUT2D eigenvalue weighted by Crippen LogP contribution is -2.54. The van der Waals surface area contributed by atoms with Crippen molar-refractivity contribution in [3.63, 3.8) is 0 Å². The summed E-state index contributed by atoms with van der Waals surface area (Å²) in [6.07, 6.45) is 0.857. The average Bonchev–Trinajstić information content (AvgIpc) is 3.07. The van der Waals surface area contributed by atoms with Gasteiger partial charge in [-0.1, -0.05) is 12.1 Å². The Hall–Kier alpha value is -2.13. The molecule has 0 bridgehead atoms. The Kier molecular flexibility index (Phi) is 4.96. The molecule has 0 spiro atoms. The lowest BCUT2D eigenvalue weighted by atomic mass is 10.2. The van der Waals surface area contributed by atoms with Crippen LogP contribution in [-0.4, -0.2) is 68.8 Å². The summed E-state index contributed by atoms with van der Waals surface area (Å²) in [5, 5.41) is 2.65. The minimum absolute atomic E-state index is 0.115. The number of hydrogen-bond acceptors (Lipinski definition) is 5. The van der Waals surface area contributed by atoms with E-state index in [1.54, 1.807) is 23.1 Å². The van der Waals surface area contributed by atoms with Gasteiger partial charge in [0.15, 0.2) is 0 Å². The van der Waals surface area contributed by atoms with Gasteiger partial charge < -0.3 is 15.0 Å². The summed E-state index contributed by atoms with van der Waals surface area (Å²) in [4.78, 5) is 25.4. The van der Waals surface area contributed by atoms with Gasteiger partial charge in [0, 0.05) is 32.6 Å². The molecule has 0 saturated carbocycles. The molecule has 2 aliphatic rings. The SMILES string of the molecule is COc1ccccc1S(=O)(=O)N1CCN(C(=O)C2CCC(=O)N2)CC1. The molecule has 2 heterocycles. The highest BCUT2D eigenvalue weighted by Gasteiger charge is 2.35. The molecule has 136 valence electrons. The molecule has 2 aliphatic heterocycles. The van der Waals surface area contributed by atoms with Crippen molar-refractivity contribution < 1.29 is 22.7 Å². The summed E-state index contributed by atoms with van der Waals surface area (Å²) in [5.41, 5.74) is 0. The van der Waals surface area contributed by atoms with Gasteiger partial charge in [0.05, 0.1) is 7.11 Å². The van der Waals surface area contributed by atoms with Crippen molar-refractivity contribution >= 4 is 21.8 Å². The van der Waals surface area contributed by atoms with Crippen LogP contribution >= 0.6 is 0 Å². The minimum Gasteiger partial charge on any atom is -0.495 e. The van der Waals surface area contributed by atoms with Gasteiger partial charge in [-0.05, 0) is 18.6 Å². The van der Waals surface area contributed by atoms with Crippen LogP contribution in [0.3, 0.4) is 0 Å². The third kappa shape index (κ3) is 3.47. The summed E-state index contributed by atoms with van der Waals surface area (Å²) in [6, 6.07) is 6.00. The molecule has 0 radical (unpaired) electrons. The molecule has 1 unspecified atom stereocenters. The van der Waals surface area contributed by atoms with E-state index in [1.165, 1.54) is 17.5 Å². The maximum atomic E-state index is 12.8. The average molecular weight is 367 g/mol. The maximum absolute atomic E-state index is 12.8. The second kappa shape index (κ2) is 7.01. The fraction of sp³-hybridized carbons (Fsp3) is 0.500. The zero-order valence-electron chi connectivity index (χ0n) is 14.0. The molecule has 2 amide bonds. The molecule has 3 rings (SSSR count). The normalized spacial score (nSPS) is 21.9. The van der Waals surface area contributed by atoms with E-state index in [0.717, 1.165) is 0 Å². The number of carbonyl (C=O) groups excluding carboxylic acids is 2. The smallest absolute Gasteiger partial charge is 0.246 e. The van der Waals surface area contributed by atoms with E-state index in [0.29, 0.717) is 31.7 Å². The Bertz CT molecular complexity index is 772. The summed E-state index contributed by atoms with van der Waals surface area (Å²) < 4.78 is 32.2. The fourth-order valence-electron chi connectivity index (χ4n) is 3.14. The largest absolute Gasteiger partial charge is 0.495 e. The topological polar surface area (TPSA) is 96.0 Å². The monoisotopic (exact) mass is 367 g/mol. The number of rotatable bonds is 4. The van der Waals surface area contributed by atoms with E-state index < -0.39 is 16.1 Å². The van der Waals surface area contributed by atoms with Crippen LogP contribution in [-0.2, 0) is 19.6 Å². The van der Waals surface area contributed by atoms with Gasteiger partial charge in [-0.2, -0.15) is 4.31 Å². The summed E-state index contributed by atoms with van der Waals surface area (Å²) in [5.74, 6) is 0.0469. The number of para-hydroxylation sites is 1. The number of methoxy groups -OCH3 is 1. The van der Waals surface area contributed by atoms with Gasteiger partial charge in [0.1, 0.15) is 16.7 Å². The van der Waals surface area contributed by atoms with Gasteiger partial charge in [-0.15, -0.1) is 0 Å². The molecule has 1 atom stereocenters. The highest BCUT2D eigenvalue weighted by Crippen LogP contribution is 2.27. The van der Waals surface area contributed by atoms with Crippen LogP contribution in [0.1, 0.15) is 12.8 Å². The van der Waals surface area contributed by atoms with Gasteiger partial charge in [-0.3, -0.25) is 9.59 Å². The molecule has 0 aliphatic carbocycles. The Morgan fingerprint density at radius 3 is 2.48 bits per heavy atom. The Morgan fingerprint density at radius 1 is 1.20 bits per heavy atom. The molecular formula is C16H21N3O5S. The van der Waals surface area contributed by atoms with E-state index in [9.17, 15) is 18.0 Å². The number of ether oxygens (including phenoxy) is 1. The van der Waals surface area contributed by atoms with Crippen molar-refractivity contribution in [2.45, 2.75) is 23.8 Å². The fourth-order valence-corrected chi connectivity index (χ4v) is 4.72. The van der Waals surface area contributed by atoms with Crippen LogP contribution in [0.5, 0.6) is 5.75 Å². The Labute approximate surface area is 146 Å². The number of nitrogens with zero attached hydrogens (tertiary/aromatic N) is 2.